The molecule has 0 saturated heterocycles. The number of carbonyl (C=O) groups is 1. The van der Waals surface area contributed by atoms with E-state index < -0.39 is 5.97 Å². The van der Waals surface area contributed by atoms with Crippen LogP contribution in [0.1, 0.15) is 11.4 Å². The quantitative estimate of drug-likeness (QED) is 0.491. The summed E-state index contributed by atoms with van der Waals surface area (Å²) in [5.41, 5.74) is 2.39. The number of fused-ring (bicyclic) bond motifs is 1. The molecule has 0 aliphatic carbocycles. The highest BCUT2D eigenvalue weighted by Crippen LogP contribution is 2.30. The number of hydrogen-bond donors (Lipinski definition) is 1. The number of rotatable bonds is 6. The molecule has 0 fully saturated rings. The smallest absolute Gasteiger partial charge is 0.310 e. The molecule has 0 amide bonds. The molecule has 6 nitrogen and oxygen atoms in total. The van der Waals surface area contributed by atoms with Crippen molar-refractivity contribution in [2.45, 2.75) is 13.0 Å². The van der Waals surface area contributed by atoms with E-state index in [1.54, 1.807) is 19.2 Å². The van der Waals surface area contributed by atoms with E-state index in [2.05, 4.69) is 9.97 Å². The third kappa shape index (κ3) is 4.20. The van der Waals surface area contributed by atoms with Gasteiger partial charge >= 0.3 is 5.97 Å². The van der Waals surface area contributed by atoms with Crippen molar-refractivity contribution in [1.29, 1.82) is 0 Å². The predicted octanol–water partition coefficient (Wildman–Crippen LogP) is 3.95. The molecular formula is C22H18N2O4S. The maximum absolute atomic E-state index is 12.6. The van der Waals surface area contributed by atoms with Crippen molar-refractivity contribution in [1.82, 2.24) is 9.97 Å². The second-order valence-corrected chi connectivity index (χ2v) is 7.25. The van der Waals surface area contributed by atoms with Crippen molar-refractivity contribution in [2.75, 3.05) is 7.11 Å². The van der Waals surface area contributed by atoms with Crippen LogP contribution in [0.3, 0.4) is 0 Å². The average Bonchev–Trinajstić information content (AvgIpc) is 3.18. The lowest BCUT2D eigenvalue weighted by Crippen LogP contribution is -2.15. The van der Waals surface area contributed by atoms with E-state index in [9.17, 15) is 9.59 Å². The van der Waals surface area contributed by atoms with Crippen LogP contribution in [0.5, 0.6) is 5.75 Å². The normalized spacial score (nSPS) is 10.8. The fourth-order valence-electron chi connectivity index (χ4n) is 3.00. The summed E-state index contributed by atoms with van der Waals surface area (Å²) in [5.74, 6) is 0.657. The molecule has 0 spiro atoms. The van der Waals surface area contributed by atoms with Crippen LogP contribution in [-0.2, 0) is 22.6 Å². The summed E-state index contributed by atoms with van der Waals surface area (Å²) >= 11 is 1.39. The highest BCUT2D eigenvalue weighted by Gasteiger charge is 2.14. The zero-order valence-corrected chi connectivity index (χ0v) is 16.5. The summed E-state index contributed by atoms with van der Waals surface area (Å²) in [6.07, 6.45) is 0.133. The van der Waals surface area contributed by atoms with Gasteiger partial charge in [0.25, 0.3) is 5.56 Å². The third-order valence-corrected chi connectivity index (χ3v) is 5.33. The van der Waals surface area contributed by atoms with Crippen LogP contribution in [-0.4, -0.2) is 23.0 Å². The maximum Gasteiger partial charge on any atom is 0.310 e. The molecule has 0 aliphatic heterocycles. The molecule has 4 rings (SSSR count). The molecule has 0 bridgehead atoms. The van der Waals surface area contributed by atoms with Crippen LogP contribution in [0, 0.1) is 0 Å². The number of hydrogen-bond acceptors (Lipinski definition) is 6. The molecule has 1 N–H and O–H groups in total. The van der Waals surface area contributed by atoms with Crippen molar-refractivity contribution < 1.29 is 14.3 Å². The topological polar surface area (TPSA) is 81.3 Å². The standard InChI is InChI=1S/C22H18N2O4S/c1-27-16-9-7-14(8-10-16)11-19(25)28-12-18-23-21(26)20-17(13-29-22(20)24-18)15-5-3-2-4-6-15/h2-10,13H,11-12H2,1H3,(H,23,24,26). The van der Waals surface area contributed by atoms with Gasteiger partial charge in [0.1, 0.15) is 23.0 Å². The second kappa shape index (κ2) is 8.28. The lowest BCUT2D eigenvalue weighted by molar-refractivity contribution is -0.144. The van der Waals surface area contributed by atoms with Crippen LogP contribution in [0.25, 0.3) is 21.3 Å². The number of benzene rings is 2. The van der Waals surface area contributed by atoms with Crippen LogP contribution >= 0.6 is 11.3 Å². The predicted molar refractivity (Wildman–Crippen MR) is 112 cm³/mol. The Morgan fingerprint density at radius 2 is 1.86 bits per heavy atom. The van der Waals surface area contributed by atoms with Crippen molar-refractivity contribution >= 4 is 27.5 Å². The monoisotopic (exact) mass is 406 g/mol. The summed E-state index contributed by atoms with van der Waals surface area (Å²) in [7, 11) is 1.59. The summed E-state index contributed by atoms with van der Waals surface area (Å²) < 4.78 is 10.4. The number of thiophene rings is 1. The molecule has 0 saturated carbocycles. The van der Waals surface area contributed by atoms with E-state index in [0.29, 0.717) is 16.0 Å². The number of aromatic nitrogens is 2. The summed E-state index contributed by atoms with van der Waals surface area (Å²) in [5, 5.41) is 2.47. The molecular weight excluding hydrogens is 388 g/mol. The largest absolute Gasteiger partial charge is 0.497 e. The number of nitrogens with zero attached hydrogens (tertiary/aromatic N) is 1. The second-order valence-electron chi connectivity index (χ2n) is 6.39. The first kappa shape index (κ1) is 18.9. The molecule has 146 valence electrons. The Labute approximate surface area is 170 Å². The number of nitrogens with one attached hydrogen (secondary N) is 1. The Morgan fingerprint density at radius 3 is 2.59 bits per heavy atom. The molecule has 0 unspecified atom stereocenters. The molecule has 29 heavy (non-hydrogen) atoms. The lowest BCUT2D eigenvalue weighted by atomic mass is 10.1. The minimum absolute atomic E-state index is 0.0846. The van der Waals surface area contributed by atoms with E-state index in [1.807, 2.05) is 47.8 Å². The highest BCUT2D eigenvalue weighted by molar-refractivity contribution is 7.17. The van der Waals surface area contributed by atoms with E-state index in [0.717, 1.165) is 22.4 Å². The maximum atomic E-state index is 12.6. The fraction of sp³-hybridized carbons (Fsp3) is 0.136. The molecule has 0 aliphatic rings. The van der Waals surface area contributed by atoms with Gasteiger partial charge in [-0.2, -0.15) is 0 Å². The Bertz CT molecular complexity index is 1200. The van der Waals surface area contributed by atoms with Gasteiger partial charge in [-0.05, 0) is 23.3 Å². The molecule has 2 aromatic carbocycles. The summed E-state index contributed by atoms with van der Waals surface area (Å²) in [6, 6.07) is 16.9. The van der Waals surface area contributed by atoms with Gasteiger partial charge in [0.05, 0.1) is 18.9 Å². The first-order valence-electron chi connectivity index (χ1n) is 8.98. The first-order valence-corrected chi connectivity index (χ1v) is 9.86. The lowest BCUT2D eigenvalue weighted by Gasteiger charge is -2.06. The van der Waals surface area contributed by atoms with Gasteiger partial charge in [-0.1, -0.05) is 42.5 Å². The number of H-pyrrole nitrogens is 1. The number of methoxy groups -OCH3 is 1. The molecule has 0 atom stereocenters. The van der Waals surface area contributed by atoms with Gasteiger partial charge in [0, 0.05) is 10.9 Å². The molecule has 2 heterocycles. The Balaban J connectivity index is 1.47. The Hall–Kier alpha value is -3.45. The van der Waals surface area contributed by atoms with Gasteiger partial charge in [-0.25, -0.2) is 4.98 Å². The summed E-state index contributed by atoms with van der Waals surface area (Å²) in [6.45, 7) is -0.0846. The van der Waals surface area contributed by atoms with E-state index in [4.69, 9.17) is 9.47 Å². The van der Waals surface area contributed by atoms with E-state index >= 15 is 0 Å². The molecule has 2 aromatic heterocycles. The zero-order chi connectivity index (χ0) is 20.2. The Kier molecular flexibility index (Phi) is 5.39. The minimum Gasteiger partial charge on any atom is -0.497 e. The fourth-order valence-corrected chi connectivity index (χ4v) is 3.97. The molecule has 4 aromatic rings. The van der Waals surface area contributed by atoms with Crippen molar-refractivity contribution in [3.05, 3.63) is 81.7 Å². The van der Waals surface area contributed by atoms with Gasteiger partial charge in [0.2, 0.25) is 0 Å². The minimum atomic E-state index is -0.394. The van der Waals surface area contributed by atoms with Crippen molar-refractivity contribution in [3.8, 4) is 16.9 Å². The zero-order valence-electron chi connectivity index (χ0n) is 15.7. The van der Waals surface area contributed by atoms with Crippen LogP contribution in [0.4, 0.5) is 0 Å². The van der Waals surface area contributed by atoms with Crippen molar-refractivity contribution in [2.24, 2.45) is 0 Å². The SMILES string of the molecule is COc1ccc(CC(=O)OCc2nc3scc(-c4ccccc4)c3c(=O)[nH]2)cc1. The van der Waals surface area contributed by atoms with E-state index in [-0.39, 0.29) is 18.6 Å². The Morgan fingerprint density at radius 1 is 1.10 bits per heavy atom. The molecule has 0 radical (unpaired) electrons. The van der Waals surface area contributed by atoms with Gasteiger partial charge in [-0.15, -0.1) is 11.3 Å². The van der Waals surface area contributed by atoms with Crippen LogP contribution in [0.2, 0.25) is 0 Å². The summed E-state index contributed by atoms with van der Waals surface area (Å²) in [4.78, 5) is 32.5. The van der Waals surface area contributed by atoms with Gasteiger partial charge in [0.15, 0.2) is 0 Å². The average molecular weight is 406 g/mol. The number of carbonyl (C=O) groups excluding carboxylic acids is 1. The number of ether oxygens (including phenoxy) is 2. The van der Waals surface area contributed by atoms with Crippen LogP contribution < -0.4 is 10.3 Å². The van der Waals surface area contributed by atoms with Gasteiger partial charge < -0.3 is 14.5 Å². The van der Waals surface area contributed by atoms with Gasteiger partial charge in [-0.3, -0.25) is 9.59 Å². The highest BCUT2D eigenvalue weighted by atomic mass is 32.1. The number of aromatic amines is 1. The first-order chi connectivity index (χ1) is 14.1. The van der Waals surface area contributed by atoms with Crippen LogP contribution in [0.15, 0.2) is 64.8 Å². The van der Waals surface area contributed by atoms with E-state index in [1.165, 1.54) is 11.3 Å². The third-order valence-electron chi connectivity index (χ3n) is 4.46. The van der Waals surface area contributed by atoms with Crippen molar-refractivity contribution in [3.63, 3.8) is 0 Å². The molecule has 7 heteroatoms. The number of esters is 1.